The van der Waals surface area contributed by atoms with Crippen molar-refractivity contribution in [2.45, 2.75) is 33.2 Å². The van der Waals surface area contributed by atoms with Crippen molar-refractivity contribution in [3.8, 4) is 5.75 Å². The molecule has 1 aromatic rings. The second-order valence-corrected chi connectivity index (χ2v) is 4.64. The summed E-state index contributed by atoms with van der Waals surface area (Å²) in [6, 6.07) is 7.38. The van der Waals surface area contributed by atoms with E-state index in [-0.39, 0.29) is 5.97 Å². The van der Waals surface area contributed by atoms with Crippen molar-refractivity contribution in [1.82, 2.24) is 0 Å². The van der Waals surface area contributed by atoms with Gasteiger partial charge in [-0.3, -0.25) is 0 Å². The maximum absolute atomic E-state index is 11.6. The molecule has 0 saturated carbocycles. The minimum Gasteiger partial charge on any atom is -0.479 e. The Morgan fingerprint density at radius 2 is 2.06 bits per heavy atom. The Morgan fingerprint density at radius 3 is 2.67 bits per heavy atom. The molecule has 0 amide bonds. The van der Waals surface area contributed by atoms with Crippen LogP contribution in [0.1, 0.15) is 26.3 Å². The highest BCUT2D eigenvalue weighted by atomic mass is 16.6. The highest BCUT2D eigenvalue weighted by molar-refractivity contribution is 6.08. The summed E-state index contributed by atoms with van der Waals surface area (Å²) in [4.78, 5) is 11.6. The summed E-state index contributed by atoms with van der Waals surface area (Å²) in [5.74, 6) is 0.607. The van der Waals surface area contributed by atoms with Gasteiger partial charge in [-0.05, 0) is 25.0 Å². The van der Waals surface area contributed by atoms with Crippen molar-refractivity contribution in [1.29, 1.82) is 0 Å². The Hall–Kier alpha value is -1.45. The first-order chi connectivity index (χ1) is 8.52. The van der Waals surface area contributed by atoms with Gasteiger partial charge in [-0.25, -0.2) is 4.79 Å². The Morgan fingerprint density at radius 1 is 1.33 bits per heavy atom. The SMILES string of the molecule is [B]Cc1cccc(O[C@@H](C)C(=O)OCC(C)C)c1. The molecule has 0 aromatic heterocycles. The summed E-state index contributed by atoms with van der Waals surface area (Å²) in [6.07, 6.45) is -0.166. The zero-order valence-corrected chi connectivity index (χ0v) is 11.2. The molecule has 1 aromatic carbocycles. The van der Waals surface area contributed by atoms with Gasteiger partial charge in [0.2, 0.25) is 0 Å². The molecular formula is C14H19BO3. The van der Waals surface area contributed by atoms with Gasteiger partial charge in [-0.15, -0.1) is 0 Å². The van der Waals surface area contributed by atoms with Crippen LogP contribution in [0.5, 0.6) is 5.75 Å². The predicted molar refractivity (Wildman–Crippen MR) is 71.8 cm³/mol. The van der Waals surface area contributed by atoms with Crippen molar-refractivity contribution in [2.75, 3.05) is 6.61 Å². The average Bonchev–Trinajstić information content (AvgIpc) is 2.36. The predicted octanol–water partition coefficient (Wildman–Crippen LogP) is 2.32. The number of hydrogen-bond acceptors (Lipinski definition) is 3. The lowest BCUT2D eigenvalue weighted by Crippen LogP contribution is -2.27. The van der Waals surface area contributed by atoms with E-state index in [1.807, 2.05) is 32.0 Å². The van der Waals surface area contributed by atoms with Crippen LogP contribution in [0.4, 0.5) is 0 Å². The lowest BCUT2D eigenvalue weighted by molar-refractivity contribution is -0.152. The summed E-state index contributed by atoms with van der Waals surface area (Å²) in [5, 5.41) is 0. The molecule has 0 bridgehead atoms. The van der Waals surface area contributed by atoms with Gasteiger partial charge >= 0.3 is 5.97 Å². The molecule has 0 spiro atoms. The Labute approximate surface area is 110 Å². The first kappa shape index (κ1) is 14.6. The Bertz CT molecular complexity index is 390. The molecule has 0 aliphatic carbocycles. The van der Waals surface area contributed by atoms with E-state index < -0.39 is 6.10 Å². The topological polar surface area (TPSA) is 35.5 Å². The van der Waals surface area contributed by atoms with Crippen molar-refractivity contribution in [3.05, 3.63) is 29.8 Å². The quantitative estimate of drug-likeness (QED) is 0.570. The van der Waals surface area contributed by atoms with E-state index >= 15 is 0 Å². The van der Waals surface area contributed by atoms with E-state index in [1.54, 1.807) is 13.0 Å². The molecule has 0 saturated heterocycles. The molecule has 1 atom stereocenters. The first-order valence-electron chi connectivity index (χ1n) is 6.15. The minimum atomic E-state index is -0.614. The minimum absolute atomic E-state index is 0.321. The van der Waals surface area contributed by atoms with Gasteiger partial charge in [0.1, 0.15) is 5.75 Å². The fourth-order valence-electron chi connectivity index (χ4n) is 1.36. The number of hydrogen-bond donors (Lipinski definition) is 0. The largest absolute Gasteiger partial charge is 0.479 e. The highest BCUT2D eigenvalue weighted by Gasteiger charge is 2.16. The molecule has 18 heavy (non-hydrogen) atoms. The molecular weight excluding hydrogens is 227 g/mol. The molecule has 0 aliphatic rings. The van der Waals surface area contributed by atoms with Crippen LogP contribution >= 0.6 is 0 Å². The Kier molecular flexibility index (Phi) is 5.76. The zero-order chi connectivity index (χ0) is 13.5. The fraction of sp³-hybridized carbons (Fsp3) is 0.500. The van der Waals surface area contributed by atoms with E-state index in [1.165, 1.54) is 0 Å². The summed E-state index contributed by atoms with van der Waals surface area (Å²) in [6.45, 7) is 6.07. The van der Waals surface area contributed by atoms with Gasteiger partial charge in [0.05, 0.1) is 14.5 Å². The molecule has 0 N–H and O–H groups in total. The molecule has 0 unspecified atom stereocenters. The summed E-state index contributed by atoms with van der Waals surface area (Å²) < 4.78 is 10.6. The smallest absolute Gasteiger partial charge is 0.347 e. The van der Waals surface area contributed by atoms with E-state index in [9.17, 15) is 4.79 Å². The van der Waals surface area contributed by atoms with Crippen LogP contribution < -0.4 is 4.74 Å². The third kappa shape index (κ3) is 4.82. The third-order valence-electron chi connectivity index (χ3n) is 2.34. The third-order valence-corrected chi connectivity index (χ3v) is 2.34. The fourth-order valence-corrected chi connectivity index (χ4v) is 1.36. The summed E-state index contributed by atoms with van der Waals surface area (Å²) in [5.41, 5.74) is 0.968. The van der Waals surface area contributed by atoms with Crippen molar-refractivity contribution in [3.63, 3.8) is 0 Å². The first-order valence-corrected chi connectivity index (χ1v) is 6.15. The van der Waals surface area contributed by atoms with Gasteiger partial charge in [0.15, 0.2) is 6.10 Å². The number of benzene rings is 1. The van der Waals surface area contributed by atoms with E-state index in [2.05, 4.69) is 0 Å². The molecule has 2 radical (unpaired) electrons. The maximum atomic E-state index is 11.6. The lowest BCUT2D eigenvalue weighted by Gasteiger charge is -2.15. The number of carbonyl (C=O) groups is 1. The van der Waals surface area contributed by atoms with Crippen LogP contribution in [0.25, 0.3) is 0 Å². The van der Waals surface area contributed by atoms with Crippen LogP contribution in [-0.2, 0) is 15.9 Å². The van der Waals surface area contributed by atoms with Crippen molar-refractivity contribution >= 4 is 13.8 Å². The second-order valence-electron chi connectivity index (χ2n) is 4.64. The van der Waals surface area contributed by atoms with E-state index in [0.717, 1.165) is 5.56 Å². The Balaban J connectivity index is 2.52. The van der Waals surface area contributed by atoms with Crippen LogP contribution in [-0.4, -0.2) is 26.5 Å². The van der Waals surface area contributed by atoms with Crippen molar-refractivity contribution < 1.29 is 14.3 Å². The standard InChI is InChI=1S/C14H19BO3/c1-10(2)9-17-14(16)11(3)18-13-6-4-5-12(7-13)8-15/h4-7,10-11H,8-9H2,1-3H3/t11-/m0/s1. The molecule has 0 heterocycles. The van der Waals surface area contributed by atoms with E-state index in [4.69, 9.17) is 17.3 Å². The van der Waals surface area contributed by atoms with Gasteiger partial charge in [0.25, 0.3) is 0 Å². The molecule has 1 rings (SSSR count). The number of carbonyl (C=O) groups excluding carboxylic acids is 1. The summed E-state index contributed by atoms with van der Waals surface area (Å²) >= 11 is 0. The maximum Gasteiger partial charge on any atom is 0.347 e. The van der Waals surface area contributed by atoms with Gasteiger partial charge in [-0.2, -0.15) is 0 Å². The zero-order valence-electron chi connectivity index (χ0n) is 11.2. The normalized spacial score (nSPS) is 12.2. The number of esters is 1. The molecule has 0 aliphatic heterocycles. The monoisotopic (exact) mass is 246 g/mol. The second kappa shape index (κ2) is 7.09. The average molecular weight is 246 g/mol. The summed E-state index contributed by atoms with van der Waals surface area (Å²) in [7, 11) is 5.54. The molecule has 0 fully saturated rings. The van der Waals surface area contributed by atoms with Crippen LogP contribution in [0.15, 0.2) is 24.3 Å². The molecule has 4 heteroatoms. The number of rotatable bonds is 6. The highest BCUT2D eigenvalue weighted by Crippen LogP contribution is 2.15. The lowest BCUT2D eigenvalue weighted by atomic mass is 9.97. The van der Waals surface area contributed by atoms with Crippen molar-refractivity contribution in [2.24, 2.45) is 5.92 Å². The van der Waals surface area contributed by atoms with Gasteiger partial charge < -0.3 is 9.47 Å². The molecule has 96 valence electrons. The van der Waals surface area contributed by atoms with Gasteiger partial charge in [0, 0.05) is 0 Å². The van der Waals surface area contributed by atoms with Crippen LogP contribution in [0, 0.1) is 5.92 Å². The van der Waals surface area contributed by atoms with Gasteiger partial charge in [-0.1, -0.05) is 37.9 Å². The molecule has 3 nitrogen and oxygen atoms in total. The number of ether oxygens (including phenoxy) is 2. The van der Waals surface area contributed by atoms with Crippen LogP contribution in [0.2, 0.25) is 0 Å². The van der Waals surface area contributed by atoms with Crippen LogP contribution in [0.3, 0.4) is 0 Å². The van der Waals surface area contributed by atoms with E-state index in [0.29, 0.717) is 24.6 Å².